The molecule has 0 aliphatic rings. The summed E-state index contributed by atoms with van der Waals surface area (Å²) in [6, 6.07) is 11.1. The number of nitro benzene ring substituents is 1. The maximum absolute atomic E-state index is 10.7. The van der Waals surface area contributed by atoms with Crippen LogP contribution in [0.3, 0.4) is 0 Å². The second kappa shape index (κ2) is 5.92. The molecule has 0 radical (unpaired) electrons. The molecule has 0 aromatic heterocycles. The molecule has 0 fully saturated rings. The van der Waals surface area contributed by atoms with Gasteiger partial charge in [-0.1, -0.05) is 6.07 Å². The monoisotopic (exact) mass is 284 g/mol. The summed E-state index contributed by atoms with van der Waals surface area (Å²) in [5.41, 5.74) is 0.935. The van der Waals surface area contributed by atoms with Crippen molar-refractivity contribution >= 4 is 5.69 Å². The average molecular weight is 284 g/mol. The Kier molecular flexibility index (Phi) is 4.05. The summed E-state index contributed by atoms with van der Waals surface area (Å²) >= 11 is 0. The topological polar surface area (TPSA) is 85.4 Å². The number of nitro groups is 1. The van der Waals surface area contributed by atoms with Crippen LogP contribution in [0.1, 0.15) is 11.1 Å². The van der Waals surface area contributed by atoms with E-state index in [-0.39, 0.29) is 17.0 Å². The molecule has 0 heterocycles. The summed E-state index contributed by atoms with van der Waals surface area (Å²) in [7, 11) is 1.52. The largest absolute Gasteiger partial charge is 0.493 e. The molecule has 6 nitrogen and oxygen atoms in total. The van der Waals surface area contributed by atoms with E-state index in [4.69, 9.17) is 14.7 Å². The third-order valence-corrected chi connectivity index (χ3v) is 2.83. The first kappa shape index (κ1) is 14.3. The van der Waals surface area contributed by atoms with Crippen LogP contribution in [-0.4, -0.2) is 12.0 Å². The van der Waals surface area contributed by atoms with Gasteiger partial charge in [-0.25, -0.2) is 0 Å². The van der Waals surface area contributed by atoms with E-state index in [9.17, 15) is 10.1 Å². The zero-order valence-electron chi connectivity index (χ0n) is 11.5. The molecule has 0 unspecified atom stereocenters. The van der Waals surface area contributed by atoms with E-state index in [1.807, 2.05) is 19.1 Å². The van der Waals surface area contributed by atoms with Gasteiger partial charge in [0.2, 0.25) is 0 Å². The minimum absolute atomic E-state index is 0.0897. The van der Waals surface area contributed by atoms with Crippen LogP contribution >= 0.6 is 0 Å². The van der Waals surface area contributed by atoms with Crippen LogP contribution in [0.2, 0.25) is 0 Å². The summed E-state index contributed by atoms with van der Waals surface area (Å²) in [6.45, 7) is 1.92. The number of benzene rings is 2. The number of aryl methyl sites for hydroxylation is 1. The van der Waals surface area contributed by atoms with E-state index in [0.29, 0.717) is 11.5 Å². The van der Waals surface area contributed by atoms with Gasteiger partial charge in [-0.15, -0.1) is 0 Å². The molecule has 0 spiro atoms. The minimum Gasteiger partial charge on any atom is -0.493 e. The second-order valence-corrected chi connectivity index (χ2v) is 4.31. The number of methoxy groups -OCH3 is 1. The van der Waals surface area contributed by atoms with Crippen molar-refractivity contribution in [1.29, 1.82) is 5.26 Å². The third kappa shape index (κ3) is 3.09. The minimum atomic E-state index is -0.558. The van der Waals surface area contributed by atoms with Gasteiger partial charge >= 0.3 is 0 Å². The maximum atomic E-state index is 10.7. The summed E-state index contributed by atoms with van der Waals surface area (Å²) in [5.74, 6) is 1.20. The van der Waals surface area contributed by atoms with Gasteiger partial charge in [0.15, 0.2) is 11.5 Å². The molecule has 21 heavy (non-hydrogen) atoms. The Balaban J connectivity index is 2.40. The quantitative estimate of drug-likeness (QED) is 0.632. The third-order valence-electron chi connectivity index (χ3n) is 2.83. The van der Waals surface area contributed by atoms with E-state index >= 15 is 0 Å². The molecule has 106 valence electrons. The van der Waals surface area contributed by atoms with Crippen molar-refractivity contribution in [3.8, 4) is 23.3 Å². The zero-order chi connectivity index (χ0) is 15.4. The van der Waals surface area contributed by atoms with Crippen LogP contribution < -0.4 is 9.47 Å². The fourth-order valence-corrected chi connectivity index (χ4v) is 1.79. The lowest BCUT2D eigenvalue weighted by atomic mass is 10.2. The molecule has 0 N–H and O–H groups in total. The van der Waals surface area contributed by atoms with Crippen molar-refractivity contribution in [3.63, 3.8) is 0 Å². The lowest BCUT2D eigenvalue weighted by Crippen LogP contribution is -1.94. The molecule has 0 atom stereocenters. The van der Waals surface area contributed by atoms with Crippen molar-refractivity contribution in [3.05, 3.63) is 57.6 Å². The average Bonchev–Trinajstić information content (AvgIpc) is 2.49. The highest BCUT2D eigenvalue weighted by Gasteiger charge is 2.14. The van der Waals surface area contributed by atoms with Crippen LogP contribution in [0.4, 0.5) is 5.69 Å². The van der Waals surface area contributed by atoms with Gasteiger partial charge in [0, 0.05) is 12.1 Å². The van der Waals surface area contributed by atoms with Gasteiger partial charge in [0.1, 0.15) is 17.4 Å². The van der Waals surface area contributed by atoms with Gasteiger partial charge in [-0.05, 0) is 30.7 Å². The smallest absolute Gasteiger partial charge is 0.271 e. The Bertz CT molecular complexity index is 735. The Morgan fingerprint density at radius 1 is 1.14 bits per heavy atom. The molecule has 6 heteroatoms. The van der Waals surface area contributed by atoms with Crippen molar-refractivity contribution in [1.82, 2.24) is 0 Å². The van der Waals surface area contributed by atoms with Crippen molar-refractivity contribution in [2.45, 2.75) is 6.92 Å². The second-order valence-electron chi connectivity index (χ2n) is 4.31. The van der Waals surface area contributed by atoms with Crippen molar-refractivity contribution in [2.24, 2.45) is 0 Å². The van der Waals surface area contributed by atoms with E-state index in [1.165, 1.54) is 25.3 Å². The first-order valence-corrected chi connectivity index (χ1v) is 6.06. The Morgan fingerprint density at radius 2 is 1.86 bits per heavy atom. The van der Waals surface area contributed by atoms with Crippen LogP contribution in [-0.2, 0) is 0 Å². The molecule has 2 rings (SSSR count). The first-order chi connectivity index (χ1) is 10.0. The van der Waals surface area contributed by atoms with E-state index in [1.54, 1.807) is 12.1 Å². The van der Waals surface area contributed by atoms with Gasteiger partial charge in [-0.2, -0.15) is 5.26 Å². The van der Waals surface area contributed by atoms with Crippen LogP contribution in [0.5, 0.6) is 17.2 Å². The summed E-state index contributed by atoms with van der Waals surface area (Å²) in [4.78, 5) is 10.2. The Hall–Kier alpha value is -3.07. The highest BCUT2D eigenvalue weighted by Crippen LogP contribution is 2.34. The lowest BCUT2D eigenvalue weighted by molar-refractivity contribution is -0.384. The van der Waals surface area contributed by atoms with E-state index in [0.717, 1.165) is 5.56 Å². The Labute approximate surface area is 121 Å². The summed E-state index contributed by atoms with van der Waals surface area (Å²) in [5, 5.41) is 19.8. The predicted octanol–water partition coefficient (Wildman–Crippen LogP) is 3.58. The molecule has 0 saturated heterocycles. The molecular weight excluding hydrogens is 272 g/mol. The SMILES string of the molecule is COc1cc(C)ccc1Oc1ccc([N+](=O)[O-])cc1C#N. The molecule has 0 bridgehead atoms. The number of hydrogen-bond donors (Lipinski definition) is 0. The van der Waals surface area contributed by atoms with Crippen LogP contribution in [0.25, 0.3) is 0 Å². The highest BCUT2D eigenvalue weighted by atomic mass is 16.6. The van der Waals surface area contributed by atoms with E-state index in [2.05, 4.69) is 0 Å². The van der Waals surface area contributed by atoms with Crippen molar-refractivity contribution in [2.75, 3.05) is 7.11 Å². The summed E-state index contributed by atoms with van der Waals surface area (Å²) < 4.78 is 10.9. The number of nitriles is 1. The molecule has 2 aromatic carbocycles. The zero-order valence-corrected chi connectivity index (χ0v) is 11.5. The van der Waals surface area contributed by atoms with Gasteiger partial charge in [-0.3, -0.25) is 10.1 Å². The number of ether oxygens (including phenoxy) is 2. The number of nitrogens with zero attached hydrogens (tertiary/aromatic N) is 2. The first-order valence-electron chi connectivity index (χ1n) is 6.06. The van der Waals surface area contributed by atoms with Crippen LogP contribution in [0.15, 0.2) is 36.4 Å². The van der Waals surface area contributed by atoms with Gasteiger partial charge in [0.25, 0.3) is 5.69 Å². The molecule has 0 saturated carbocycles. The Morgan fingerprint density at radius 3 is 2.48 bits per heavy atom. The number of rotatable bonds is 4. The van der Waals surface area contributed by atoms with Crippen molar-refractivity contribution < 1.29 is 14.4 Å². The van der Waals surface area contributed by atoms with Gasteiger partial charge < -0.3 is 9.47 Å². The van der Waals surface area contributed by atoms with Crippen LogP contribution in [0, 0.1) is 28.4 Å². The predicted molar refractivity (Wildman–Crippen MR) is 75.6 cm³/mol. The number of hydrogen-bond acceptors (Lipinski definition) is 5. The molecule has 0 aliphatic heterocycles. The fraction of sp³-hybridized carbons (Fsp3) is 0.133. The summed E-state index contributed by atoms with van der Waals surface area (Å²) in [6.07, 6.45) is 0. The fourth-order valence-electron chi connectivity index (χ4n) is 1.79. The van der Waals surface area contributed by atoms with E-state index < -0.39 is 4.92 Å². The normalized spacial score (nSPS) is 9.76. The number of non-ortho nitro benzene ring substituents is 1. The maximum Gasteiger partial charge on any atom is 0.271 e. The molecular formula is C15H12N2O4. The molecule has 2 aromatic rings. The lowest BCUT2D eigenvalue weighted by Gasteiger charge is -2.11. The highest BCUT2D eigenvalue weighted by molar-refractivity contribution is 5.53. The standard InChI is InChI=1S/C15H12N2O4/c1-10-3-5-14(15(7-10)20-2)21-13-6-4-12(17(18)19)8-11(13)9-16/h3-8H,1-2H3. The van der Waals surface area contributed by atoms with Gasteiger partial charge in [0.05, 0.1) is 12.0 Å². The molecule has 0 amide bonds. The molecule has 0 aliphatic carbocycles.